The van der Waals surface area contributed by atoms with Crippen molar-refractivity contribution in [3.63, 3.8) is 0 Å². The molecule has 0 aliphatic carbocycles. The number of carbonyl (C=O) groups excluding carboxylic acids is 1. The Labute approximate surface area is 151 Å². The Hall–Kier alpha value is -2.60. The molecule has 2 heterocycles. The molecule has 0 fully saturated rings. The lowest BCUT2D eigenvalue weighted by molar-refractivity contribution is 0.199. The molecule has 3 aromatic rings. The molecule has 2 amide bonds. The molecule has 0 saturated heterocycles. The molecule has 0 spiro atoms. The maximum atomic E-state index is 12.3. The SMILES string of the molecule is CCN(Cc1cccs1)C(=O)NCCc1ccc(-n2cccn2)cc1. The molecule has 0 aliphatic heterocycles. The van der Waals surface area contributed by atoms with Crippen molar-refractivity contribution in [1.29, 1.82) is 0 Å². The fourth-order valence-electron chi connectivity index (χ4n) is 2.58. The summed E-state index contributed by atoms with van der Waals surface area (Å²) in [6.45, 7) is 3.99. The molecule has 6 heteroatoms. The van der Waals surface area contributed by atoms with Gasteiger partial charge in [0, 0.05) is 30.4 Å². The second kappa shape index (κ2) is 8.48. The maximum absolute atomic E-state index is 12.3. The van der Waals surface area contributed by atoms with Crippen LogP contribution in [0.25, 0.3) is 5.69 Å². The van der Waals surface area contributed by atoms with Gasteiger partial charge in [-0.1, -0.05) is 18.2 Å². The fraction of sp³-hybridized carbons (Fsp3) is 0.263. The van der Waals surface area contributed by atoms with E-state index in [1.807, 2.05) is 52.3 Å². The average Bonchev–Trinajstić information content (AvgIpc) is 3.34. The zero-order valence-corrected chi connectivity index (χ0v) is 15.1. The van der Waals surface area contributed by atoms with Crippen LogP contribution >= 0.6 is 11.3 Å². The van der Waals surface area contributed by atoms with Gasteiger partial charge in [-0.25, -0.2) is 9.48 Å². The number of rotatable bonds is 7. The van der Waals surface area contributed by atoms with Gasteiger partial charge in [0.05, 0.1) is 12.2 Å². The number of hydrogen-bond acceptors (Lipinski definition) is 3. The van der Waals surface area contributed by atoms with Gasteiger partial charge in [-0.05, 0) is 48.6 Å². The number of thiophene rings is 1. The zero-order valence-electron chi connectivity index (χ0n) is 14.3. The number of carbonyl (C=O) groups is 1. The summed E-state index contributed by atoms with van der Waals surface area (Å²) in [7, 11) is 0. The van der Waals surface area contributed by atoms with E-state index in [1.165, 1.54) is 10.4 Å². The Balaban J connectivity index is 1.47. The lowest BCUT2D eigenvalue weighted by atomic mass is 10.1. The van der Waals surface area contributed by atoms with Crippen LogP contribution in [-0.2, 0) is 13.0 Å². The third kappa shape index (κ3) is 4.70. The molecule has 0 bridgehead atoms. The smallest absolute Gasteiger partial charge is 0.317 e. The maximum Gasteiger partial charge on any atom is 0.317 e. The van der Waals surface area contributed by atoms with Gasteiger partial charge < -0.3 is 10.2 Å². The molecular weight excluding hydrogens is 332 g/mol. The Kier molecular flexibility index (Phi) is 5.85. The predicted octanol–water partition coefficient (Wildman–Crippen LogP) is 3.71. The third-order valence-corrected chi connectivity index (χ3v) is 4.85. The molecule has 0 saturated carbocycles. The highest BCUT2D eigenvalue weighted by atomic mass is 32.1. The van der Waals surface area contributed by atoms with Crippen LogP contribution in [0.3, 0.4) is 0 Å². The number of amides is 2. The molecule has 130 valence electrons. The molecule has 5 nitrogen and oxygen atoms in total. The van der Waals surface area contributed by atoms with Crippen molar-refractivity contribution in [3.05, 3.63) is 70.7 Å². The normalized spacial score (nSPS) is 10.6. The second-order valence-electron chi connectivity index (χ2n) is 5.69. The minimum Gasteiger partial charge on any atom is -0.338 e. The highest BCUT2D eigenvalue weighted by molar-refractivity contribution is 7.09. The van der Waals surface area contributed by atoms with Crippen molar-refractivity contribution in [3.8, 4) is 5.69 Å². The highest BCUT2D eigenvalue weighted by Crippen LogP contribution is 2.12. The van der Waals surface area contributed by atoms with E-state index in [-0.39, 0.29) is 6.03 Å². The van der Waals surface area contributed by atoms with E-state index in [1.54, 1.807) is 17.5 Å². The molecule has 1 aromatic carbocycles. The number of nitrogens with zero attached hydrogens (tertiary/aromatic N) is 3. The lowest BCUT2D eigenvalue weighted by Gasteiger charge is -2.20. The minimum absolute atomic E-state index is 0.0101. The monoisotopic (exact) mass is 354 g/mol. The van der Waals surface area contributed by atoms with Gasteiger partial charge in [0.25, 0.3) is 0 Å². The molecule has 2 aromatic heterocycles. The van der Waals surface area contributed by atoms with E-state index in [0.29, 0.717) is 19.6 Å². The molecule has 0 atom stereocenters. The zero-order chi connectivity index (χ0) is 17.5. The molecule has 25 heavy (non-hydrogen) atoms. The first-order valence-corrected chi connectivity index (χ1v) is 9.28. The van der Waals surface area contributed by atoms with Gasteiger partial charge >= 0.3 is 6.03 Å². The number of urea groups is 1. The van der Waals surface area contributed by atoms with E-state index >= 15 is 0 Å². The summed E-state index contributed by atoms with van der Waals surface area (Å²) in [4.78, 5) is 15.3. The molecule has 3 rings (SSSR count). The van der Waals surface area contributed by atoms with Gasteiger partial charge in [-0.2, -0.15) is 5.10 Å². The summed E-state index contributed by atoms with van der Waals surface area (Å²) in [5.74, 6) is 0. The Morgan fingerprint density at radius 1 is 1.24 bits per heavy atom. The molecule has 1 N–H and O–H groups in total. The van der Waals surface area contributed by atoms with Crippen LogP contribution in [0.4, 0.5) is 4.79 Å². The summed E-state index contributed by atoms with van der Waals surface area (Å²) in [5.41, 5.74) is 2.23. The van der Waals surface area contributed by atoms with Gasteiger partial charge in [-0.3, -0.25) is 0 Å². The summed E-state index contributed by atoms with van der Waals surface area (Å²) < 4.78 is 1.83. The first kappa shape index (κ1) is 17.2. The van der Waals surface area contributed by atoms with Crippen molar-refractivity contribution in [1.82, 2.24) is 20.0 Å². The number of nitrogens with one attached hydrogen (secondary N) is 1. The van der Waals surface area contributed by atoms with Crippen molar-refractivity contribution < 1.29 is 4.79 Å². The first-order valence-electron chi connectivity index (χ1n) is 8.40. The number of aromatic nitrogens is 2. The fourth-order valence-corrected chi connectivity index (χ4v) is 3.30. The number of benzene rings is 1. The van der Waals surface area contributed by atoms with Gasteiger partial charge in [-0.15, -0.1) is 11.3 Å². The summed E-state index contributed by atoms with van der Waals surface area (Å²) in [6, 6.07) is 14.2. The van der Waals surface area contributed by atoms with Crippen molar-refractivity contribution in [2.75, 3.05) is 13.1 Å². The van der Waals surface area contributed by atoms with E-state index in [0.717, 1.165) is 12.1 Å². The molecule has 0 aliphatic rings. The van der Waals surface area contributed by atoms with Crippen LogP contribution in [0, 0.1) is 0 Å². The lowest BCUT2D eigenvalue weighted by Crippen LogP contribution is -2.40. The van der Waals surface area contributed by atoms with Gasteiger partial charge in [0.2, 0.25) is 0 Å². The Morgan fingerprint density at radius 3 is 2.72 bits per heavy atom. The standard InChI is InChI=1S/C19H22N4OS/c1-2-22(15-18-5-3-14-25-18)19(24)20-12-10-16-6-8-17(9-7-16)23-13-4-11-21-23/h3-9,11,13-14H,2,10,12,15H2,1H3,(H,20,24). The largest absolute Gasteiger partial charge is 0.338 e. The van der Waals surface area contributed by atoms with Crippen LogP contribution in [0.1, 0.15) is 17.4 Å². The quantitative estimate of drug-likeness (QED) is 0.703. The molecular formula is C19H22N4OS. The molecule has 0 unspecified atom stereocenters. The van der Waals surface area contributed by atoms with Gasteiger partial charge in [0.1, 0.15) is 0 Å². The second-order valence-corrected chi connectivity index (χ2v) is 6.72. The Morgan fingerprint density at radius 2 is 2.08 bits per heavy atom. The third-order valence-electron chi connectivity index (χ3n) is 3.99. The van der Waals surface area contributed by atoms with Crippen LogP contribution in [0.5, 0.6) is 0 Å². The van der Waals surface area contributed by atoms with E-state index in [9.17, 15) is 4.79 Å². The van der Waals surface area contributed by atoms with Crippen molar-refractivity contribution in [2.45, 2.75) is 19.9 Å². The molecule has 0 radical (unpaired) electrons. The summed E-state index contributed by atoms with van der Waals surface area (Å²) in [6.07, 6.45) is 4.49. The predicted molar refractivity (Wildman–Crippen MR) is 101 cm³/mol. The number of hydrogen-bond donors (Lipinski definition) is 1. The minimum atomic E-state index is -0.0101. The van der Waals surface area contributed by atoms with E-state index in [2.05, 4.69) is 28.6 Å². The highest BCUT2D eigenvalue weighted by Gasteiger charge is 2.11. The summed E-state index contributed by atoms with van der Waals surface area (Å²) in [5, 5.41) is 9.26. The van der Waals surface area contributed by atoms with Crippen LogP contribution in [-0.4, -0.2) is 33.8 Å². The van der Waals surface area contributed by atoms with Gasteiger partial charge in [0.15, 0.2) is 0 Å². The summed E-state index contributed by atoms with van der Waals surface area (Å²) >= 11 is 1.68. The van der Waals surface area contributed by atoms with Crippen molar-refractivity contribution in [2.24, 2.45) is 0 Å². The van der Waals surface area contributed by atoms with E-state index in [4.69, 9.17) is 0 Å². The van der Waals surface area contributed by atoms with Crippen LogP contribution in [0.15, 0.2) is 60.2 Å². The van der Waals surface area contributed by atoms with Crippen molar-refractivity contribution >= 4 is 17.4 Å². The van der Waals surface area contributed by atoms with Crippen LogP contribution in [0.2, 0.25) is 0 Å². The first-order chi connectivity index (χ1) is 12.3. The topological polar surface area (TPSA) is 50.2 Å². The van der Waals surface area contributed by atoms with Crippen LogP contribution < -0.4 is 5.32 Å². The van der Waals surface area contributed by atoms with E-state index < -0.39 is 0 Å². The average molecular weight is 354 g/mol. The Bertz CT molecular complexity index is 766.